The minimum absolute atomic E-state index is 0.141. The SMILES string of the molecule is CCCCNC(=O)C(Cc1ccccc1)N(Cc1ccc(C)cc1)C(=O)CN(c1ccccc1OCC)S(C)(=O)=O. The van der Waals surface area contributed by atoms with Crippen LogP contribution in [-0.4, -0.2) is 57.1 Å². The summed E-state index contributed by atoms with van der Waals surface area (Å²) < 4.78 is 32.8. The Hall–Kier alpha value is -3.85. The summed E-state index contributed by atoms with van der Waals surface area (Å²) in [5, 5.41) is 2.99. The lowest BCUT2D eigenvalue weighted by Crippen LogP contribution is -2.53. The fourth-order valence-electron chi connectivity index (χ4n) is 4.49. The highest BCUT2D eigenvalue weighted by Crippen LogP contribution is 2.30. The van der Waals surface area contributed by atoms with E-state index in [0.29, 0.717) is 18.9 Å². The Morgan fingerprint density at radius 1 is 0.902 bits per heavy atom. The topological polar surface area (TPSA) is 96.0 Å². The number of hydrogen-bond donors (Lipinski definition) is 1. The summed E-state index contributed by atoms with van der Waals surface area (Å²) in [6, 6.07) is 23.1. The van der Waals surface area contributed by atoms with E-state index in [1.54, 1.807) is 31.2 Å². The molecular weight excluding hydrogens is 538 g/mol. The monoisotopic (exact) mass is 579 g/mol. The summed E-state index contributed by atoms with van der Waals surface area (Å²) in [5.74, 6) is -0.409. The van der Waals surface area contributed by atoms with Gasteiger partial charge in [-0.25, -0.2) is 8.42 Å². The maximum absolute atomic E-state index is 14.2. The van der Waals surface area contributed by atoms with Crippen molar-refractivity contribution >= 4 is 27.5 Å². The molecular formula is C32H41N3O5S. The Morgan fingerprint density at radius 3 is 2.20 bits per heavy atom. The number of amides is 2. The molecule has 220 valence electrons. The number of ether oxygens (including phenoxy) is 1. The van der Waals surface area contributed by atoms with E-state index in [1.807, 2.05) is 68.4 Å². The van der Waals surface area contributed by atoms with Gasteiger partial charge >= 0.3 is 0 Å². The van der Waals surface area contributed by atoms with Crippen LogP contribution in [0.25, 0.3) is 0 Å². The molecule has 3 aromatic carbocycles. The van der Waals surface area contributed by atoms with Crippen molar-refractivity contribution in [2.75, 3.05) is 30.3 Å². The largest absolute Gasteiger partial charge is 0.492 e. The van der Waals surface area contributed by atoms with Crippen LogP contribution in [0.15, 0.2) is 78.9 Å². The second kappa shape index (κ2) is 15.2. The van der Waals surface area contributed by atoms with Crippen LogP contribution < -0.4 is 14.4 Å². The van der Waals surface area contributed by atoms with Crippen LogP contribution >= 0.6 is 0 Å². The molecule has 0 aliphatic carbocycles. The van der Waals surface area contributed by atoms with Gasteiger partial charge in [0, 0.05) is 19.5 Å². The van der Waals surface area contributed by atoms with Gasteiger partial charge < -0.3 is 15.0 Å². The Kier molecular flexibility index (Phi) is 11.8. The second-order valence-corrected chi connectivity index (χ2v) is 11.9. The Labute approximate surface area is 244 Å². The standard InChI is InChI=1S/C32H41N3O5S/c1-5-7-21-33-32(37)29(22-26-13-9-8-10-14-26)34(23-27-19-17-25(3)18-20-27)31(36)24-35(41(4,38)39)28-15-11-12-16-30(28)40-6-2/h8-20,29H,5-7,21-24H2,1-4H3,(H,33,37). The van der Waals surface area contributed by atoms with Crippen molar-refractivity contribution in [3.63, 3.8) is 0 Å². The van der Waals surface area contributed by atoms with E-state index in [0.717, 1.165) is 40.1 Å². The van der Waals surface area contributed by atoms with Crippen LogP contribution in [0, 0.1) is 6.92 Å². The van der Waals surface area contributed by atoms with Gasteiger partial charge in [0.2, 0.25) is 21.8 Å². The van der Waals surface area contributed by atoms with Gasteiger partial charge in [0.15, 0.2) is 0 Å². The molecule has 9 heteroatoms. The van der Waals surface area contributed by atoms with Crippen molar-refractivity contribution < 1.29 is 22.7 Å². The smallest absolute Gasteiger partial charge is 0.244 e. The van der Waals surface area contributed by atoms with Gasteiger partial charge in [-0.1, -0.05) is 85.6 Å². The Morgan fingerprint density at radius 2 is 1.56 bits per heavy atom. The van der Waals surface area contributed by atoms with Crippen molar-refractivity contribution in [2.24, 2.45) is 0 Å². The number of rotatable bonds is 15. The molecule has 3 aromatic rings. The van der Waals surface area contributed by atoms with E-state index >= 15 is 0 Å². The Balaban J connectivity index is 2.05. The zero-order chi connectivity index (χ0) is 29.8. The maximum Gasteiger partial charge on any atom is 0.244 e. The van der Waals surface area contributed by atoms with E-state index in [4.69, 9.17) is 4.74 Å². The van der Waals surface area contributed by atoms with Gasteiger partial charge in [-0.15, -0.1) is 0 Å². The molecule has 0 spiro atoms. The maximum atomic E-state index is 14.2. The molecule has 8 nitrogen and oxygen atoms in total. The van der Waals surface area contributed by atoms with E-state index < -0.39 is 28.5 Å². The van der Waals surface area contributed by atoms with Crippen LogP contribution in [0.3, 0.4) is 0 Å². The minimum atomic E-state index is -3.88. The van der Waals surface area contributed by atoms with Gasteiger partial charge in [-0.05, 0) is 43.5 Å². The lowest BCUT2D eigenvalue weighted by Gasteiger charge is -2.33. The third kappa shape index (κ3) is 9.35. The summed E-state index contributed by atoms with van der Waals surface area (Å²) >= 11 is 0. The van der Waals surface area contributed by atoms with Crippen molar-refractivity contribution in [3.05, 3.63) is 95.6 Å². The van der Waals surface area contributed by atoms with Gasteiger partial charge in [-0.3, -0.25) is 13.9 Å². The average molecular weight is 580 g/mol. The third-order valence-corrected chi connectivity index (χ3v) is 7.81. The molecule has 1 atom stereocenters. The number of unbranched alkanes of at least 4 members (excludes halogenated alkanes) is 1. The predicted octanol–water partition coefficient (Wildman–Crippen LogP) is 4.72. The average Bonchev–Trinajstić information content (AvgIpc) is 2.95. The first-order valence-electron chi connectivity index (χ1n) is 14.0. The molecule has 2 amide bonds. The minimum Gasteiger partial charge on any atom is -0.492 e. The molecule has 0 aliphatic rings. The molecule has 0 aromatic heterocycles. The summed E-state index contributed by atoms with van der Waals surface area (Å²) in [4.78, 5) is 29.3. The highest BCUT2D eigenvalue weighted by molar-refractivity contribution is 7.92. The molecule has 0 heterocycles. The first kappa shape index (κ1) is 31.7. The van der Waals surface area contributed by atoms with Crippen LogP contribution in [0.2, 0.25) is 0 Å². The third-order valence-electron chi connectivity index (χ3n) is 6.69. The van der Waals surface area contributed by atoms with Gasteiger partial charge in [0.05, 0.1) is 18.6 Å². The highest BCUT2D eigenvalue weighted by atomic mass is 32.2. The number of carbonyl (C=O) groups is 2. The second-order valence-electron chi connectivity index (χ2n) is 10.0. The fourth-order valence-corrected chi connectivity index (χ4v) is 5.34. The number of benzene rings is 3. The van der Waals surface area contributed by atoms with Crippen LogP contribution in [0.5, 0.6) is 5.75 Å². The number of para-hydroxylation sites is 2. The summed E-state index contributed by atoms with van der Waals surface area (Å²) in [7, 11) is -3.88. The molecule has 0 fully saturated rings. The molecule has 1 unspecified atom stereocenters. The predicted molar refractivity (Wildman–Crippen MR) is 163 cm³/mol. The van der Waals surface area contributed by atoms with Crippen LogP contribution in [0.4, 0.5) is 5.69 Å². The molecule has 1 N–H and O–H groups in total. The molecule has 0 aliphatic heterocycles. The van der Waals surface area contributed by atoms with Gasteiger partial charge in [-0.2, -0.15) is 0 Å². The van der Waals surface area contributed by atoms with Crippen molar-refractivity contribution in [3.8, 4) is 5.75 Å². The Bertz CT molecular complexity index is 1380. The zero-order valence-electron chi connectivity index (χ0n) is 24.4. The lowest BCUT2D eigenvalue weighted by atomic mass is 10.0. The van der Waals surface area contributed by atoms with Crippen molar-refractivity contribution in [1.29, 1.82) is 0 Å². The van der Waals surface area contributed by atoms with Crippen molar-refractivity contribution in [1.82, 2.24) is 10.2 Å². The molecule has 41 heavy (non-hydrogen) atoms. The molecule has 0 radical (unpaired) electrons. The van der Waals surface area contributed by atoms with Crippen molar-refractivity contribution in [2.45, 2.75) is 52.6 Å². The quantitative estimate of drug-likeness (QED) is 0.263. The number of anilines is 1. The van der Waals surface area contributed by atoms with Crippen LogP contribution in [-0.2, 0) is 32.6 Å². The van der Waals surface area contributed by atoms with Gasteiger partial charge in [0.1, 0.15) is 18.3 Å². The number of aryl methyl sites for hydroxylation is 1. The summed E-state index contributed by atoms with van der Waals surface area (Å²) in [5.41, 5.74) is 3.07. The zero-order valence-corrected chi connectivity index (χ0v) is 25.2. The molecule has 0 saturated heterocycles. The van der Waals surface area contributed by atoms with E-state index in [-0.39, 0.29) is 24.6 Å². The lowest BCUT2D eigenvalue weighted by molar-refractivity contribution is -0.140. The number of nitrogens with zero attached hydrogens (tertiary/aromatic N) is 2. The fraction of sp³-hybridized carbons (Fsp3) is 0.375. The number of carbonyl (C=O) groups excluding carboxylic acids is 2. The van der Waals surface area contributed by atoms with Crippen LogP contribution in [0.1, 0.15) is 43.4 Å². The first-order valence-corrected chi connectivity index (χ1v) is 15.8. The van der Waals surface area contributed by atoms with Gasteiger partial charge in [0.25, 0.3) is 0 Å². The first-order chi connectivity index (χ1) is 19.6. The summed E-state index contributed by atoms with van der Waals surface area (Å²) in [6.45, 7) is 6.31. The van der Waals surface area contributed by atoms with E-state index in [9.17, 15) is 18.0 Å². The van der Waals surface area contributed by atoms with E-state index in [1.165, 1.54) is 4.90 Å². The molecule has 0 bridgehead atoms. The normalized spacial score (nSPS) is 11.9. The summed E-state index contributed by atoms with van der Waals surface area (Å²) in [6.07, 6.45) is 3.07. The number of sulfonamides is 1. The molecule has 0 saturated carbocycles. The number of nitrogens with one attached hydrogen (secondary N) is 1. The number of hydrogen-bond acceptors (Lipinski definition) is 5. The van der Waals surface area contributed by atoms with E-state index in [2.05, 4.69) is 5.32 Å². The molecule has 3 rings (SSSR count). The highest BCUT2D eigenvalue weighted by Gasteiger charge is 2.33.